The highest BCUT2D eigenvalue weighted by atomic mass is 35.5. The number of anilines is 3. The lowest BCUT2D eigenvalue weighted by Gasteiger charge is -2.10. The van der Waals surface area contributed by atoms with Crippen LogP contribution in [0.4, 0.5) is 17.2 Å². The molecule has 0 radical (unpaired) electrons. The van der Waals surface area contributed by atoms with Gasteiger partial charge in [0.15, 0.2) is 0 Å². The molecule has 0 aliphatic carbocycles. The van der Waals surface area contributed by atoms with Crippen molar-refractivity contribution in [3.63, 3.8) is 0 Å². The second kappa shape index (κ2) is 5.14. The first kappa shape index (κ1) is 12.5. The molecular formula is C13H14ClN3O. The fourth-order valence-corrected chi connectivity index (χ4v) is 1.87. The first-order valence-electron chi connectivity index (χ1n) is 5.43. The van der Waals surface area contributed by atoms with E-state index in [2.05, 4.69) is 10.3 Å². The highest BCUT2D eigenvalue weighted by Gasteiger charge is 2.04. The molecule has 4 nitrogen and oxygen atoms in total. The van der Waals surface area contributed by atoms with E-state index in [0.717, 1.165) is 17.1 Å². The Bertz CT molecular complexity index is 572. The molecule has 1 aromatic heterocycles. The molecule has 0 unspecified atom stereocenters. The number of halogens is 1. The van der Waals surface area contributed by atoms with E-state index in [9.17, 15) is 0 Å². The van der Waals surface area contributed by atoms with E-state index < -0.39 is 0 Å². The minimum Gasteiger partial charge on any atom is -0.495 e. The Balaban J connectivity index is 2.26. The quantitative estimate of drug-likeness (QED) is 0.891. The molecule has 94 valence electrons. The first-order valence-corrected chi connectivity index (χ1v) is 5.80. The first-order chi connectivity index (χ1) is 8.60. The number of rotatable bonds is 3. The molecule has 2 aromatic rings. The van der Waals surface area contributed by atoms with Gasteiger partial charge in [-0.2, -0.15) is 0 Å². The summed E-state index contributed by atoms with van der Waals surface area (Å²) in [6.45, 7) is 1.94. The van der Waals surface area contributed by atoms with Gasteiger partial charge in [0.2, 0.25) is 0 Å². The summed E-state index contributed by atoms with van der Waals surface area (Å²) in [5.41, 5.74) is 8.12. The van der Waals surface area contributed by atoms with Crippen molar-refractivity contribution in [1.29, 1.82) is 0 Å². The fourth-order valence-electron chi connectivity index (χ4n) is 1.61. The molecule has 0 fully saturated rings. The largest absolute Gasteiger partial charge is 0.495 e. The Morgan fingerprint density at radius 1 is 1.33 bits per heavy atom. The van der Waals surface area contributed by atoms with Gasteiger partial charge in [0.25, 0.3) is 0 Å². The second-order valence-corrected chi connectivity index (χ2v) is 4.32. The second-order valence-electron chi connectivity index (χ2n) is 3.91. The van der Waals surface area contributed by atoms with Crippen LogP contribution in [0.5, 0.6) is 5.75 Å². The van der Waals surface area contributed by atoms with Crippen LogP contribution >= 0.6 is 11.6 Å². The van der Waals surface area contributed by atoms with E-state index in [0.29, 0.717) is 16.5 Å². The summed E-state index contributed by atoms with van der Waals surface area (Å²) in [6, 6.07) is 7.33. The number of aryl methyl sites for hydroxylation is 1. The molecule has 0 saturated heterocycles. The van der Waals surface area contributed by atoms with E-state index in [1.54, 1.807) is 25.4 Å². The van der Waals surface area contributed by atoms with Crippen LogP contribution < -0.4 is 15.8 Å². The predicted molar refractivity (Wildman–Crippen MR) is 74.7 cm³/mol. The normalized spacial score (nSPS) is 10.2. The minimum absolute atomic E-state index is 0.551. The maximum absolute atomic E-state index is 6.06. The van der Waals surface area contributed by atoms with Gasteiger partial charge in [0.05, 0.1) is 24.0 Å². The summed E-state index contributed by atoms with van der Waals surface area (Å²) in [6.07, 6.45) is 1.61. The van der Waals surface area contributed by atoms with Gasteiger partial charge in [-0.3, -0.25) is 0 Å². The molecule has 3 N–H and O–H groups in total. The molecule has 5 heteroatoms. The van der Waals surface area contributed by atoms with Crippen molar-refractivity contribution in [1.82, 2.24) is 4.98 Å². The maximum Gasteiger partial charge on any atom is 0.137 e. The van der Waals surface area contributed by atoms with Crippen LogP contribution in [0.3, 0.4) is 0 Å². The van der Waals surface area contributed by atoms with E-state index >= 15 is 0 Å². The summed E-state index contributed by atoms with van der Waals surface area (Å²) in [5.74, 6) is 1.40. The number of nitrogens with one attached hydrogen (secondary N) is 1. The monoisotopic (exact) mass is 263 g/mol. The molecule has 0 spiro atoms. The summed E-state index contributed by atoms with van der Waals surface area (Å²) in [7, 11) is 1.58. The molecule has 1 aromatic carbocycles. The van der Waals surface area contributed by atoms with Gasteiger partial charge >= 0.3 is 0 Å². The van der Waals surface area contributed by atoms with Crippen molar-refractivity contribution in [3.05, 3.63) is 41.0 Å². The van der Waals surface area contributed by atoms with E-state index in [1.807, 2.05) is 19.1 Å². The lowest BCUT2D eigenvalue weighted by atomic mass is 10.2. The third kappa shape index (κ3) is 2.65. The standard InChI is InChI=1S/C13H14ClN3O/c1-8-5-9(15)7-16-13(8)17-10-3-4-12(18-2)11(14)6-10/h3-7H,15H2,1-2H3,(H,16,17). The number of ether oxygens (including phenoxy) is 1. The highest BCUT2D eigenvalue weighted by Crippen LogP contribution is 2.29. The topological polar surface area (TPSA) is 60.2 Å². The summed E-state index contributed by atoms with van der Waals surface area (Å²) < 4.78 is 5.10. The minimum atomic E-state index is 0.551. The number of methoxy groups -OCH3 is 1. The number of hydrogen-bond donors (Lipinski definition) is 2. The zero-order chi connectivity index (χ0) is 13.1. The van der Waals surface area contributed by atoms with Crippen LogP contribution in [0, 0.1) is 6.92 Å². The molecule has 0 bridgehead atoms. The van der Waals surface area contributed by atoms with Crippen LogP contribution in [-0.4, -0.2) is 12.1 Å². The average molecular weight is 264 g/mol. The maximum atomic E-state index is 6.06. The van der Waals surface area contributed by atoms with Gasteiger partial charge in [0, 0.05) is 5.69 Å². The third-order valence-corrected chi connectivity index (χ3v) is 2.81. The van der Waals surface area contributed by atoms with Gasteiger partial charge in [-0.15, -0.1) is 0 Å². The van der Waals surface area contributed by atoms with Gasteiger partial charge in [-0.1, -0.05) is 11.6 Å². The Morgan fingerprint density at radius 2 is 2.11 bits per heavy atom. The summed E-state index contributed by atoms with van der Waals surface area (Å²) in [5, 5.41) is 3.74. The van der Waals surface area contributed by atoms with Crippen LogP contribution in [0.2, 0.25) is 5.02 Å². The summed E-state index contributed by atoms with van der Waals surface area (Å²) in [4.78, 5) is 4.23. The Morgan fingerprint density at radius 3 is 2.72 bits per heavy atom. The van der Waals surface area contributed by atoms with Crippen molar-refractivity contribution < 1.29 is 4.74 Å². The van der Waals surface area contributed by atoms with Crippen molar-refractivity contribution >= 4 is 28.8 Å². The fraction of sp³-hybridized carbons (Fsp3) is 0.154. The van der Waals surface area contributed by atoms with Crippen molar-refractivity contribution in [2.24, 2.45) is 0 Å². The molecule has 2 rings (SSSR count). The van der Waals surface area contributed by atoms with Crippen LogP contribution in [0.1, 0.15) is 5.56 Å². The lowest BCUT2D eigenvalue weighted by molar-refractivity contribution is 0.415. The summed E-state index contributed by atoms with van der Waals surface area (Å²) >= 11 is 6.06. The number of hydrogen-bond acceptors (Lipinski definition) is 4. The van der Waals surface area contributed by atoms with Gasteiger partial charge in [-0.05, 0) is 36.8 Å². The molecule has 0 aliphatic rings. The number of aromatic nitrogens is 1. The van der Waals surface area contributed by atoms with Crippen molar-refractivity contribution in [3.8, 4) is 5.75 Å². The molecule has 1 heterocycles. The van der Waals surface area contributed by atoms with Gasteiger partial charge in [-0.25, -0.2) is 4.98 Å². The molecule has 0 saturated carbocycles. The van der Waals surface area contributed by atoms with E-state index in [1.165, 1.54) is 0 Å². The van der Waals surface area contributed by atoms with Crippen LogP contribution in [0.15, 0.2) is 30.5 Å². The van der Waals surface area contributed by atoms with E-state index in [4.69, 9.17) is 22.1 Å². The Labute approximate surface area is 111 Å². The SMILES string of the molecule is COc1ccc(Nc2ncc(N)cc2C)cc1Cl. The zero-order valence-electron chi connectivity index (χ0n) is 10.2. The molecular weight excluding hydrogens is 250 g/mol. The van der Waals surface area contributed by atoms with Gasteiger partial charge in [0.1, 0.15) is 11.6 Å². The van der Waals surface area contributed by atoms with Crippen LogP contribution in [0.25, 0.3) is 0 Å². The van der Waals surface area contributed by atoms with E-state index in [-0.39, 0.29) is 0 Å². The number of nitrogen functional groups attached to an aromatic ring is 1. The number of benzene rings is 1. The lowest BCUT2D eigenvalue weighted by Crippen LogP contribution is -1.98. The van der Waals surface area contributed by atoms with Gasteiger partial charge < -0.3 is 15.8 Å². The van der Waals surface area contributed by atoms with Crippen molar-refractivity contribution in [2.75, 3.05) is 18.2 Å². The average Bonchev–Trinajstić information content (AvgIpc) is 2.33. The molecule has 0 amide bonds. The van der Waals surface area contributed by atoms with Crippen molar-refractivity contribution in [2.45, 2.75) is 6.92 Å². The smallest absolute Gasteiger partial charge is 0.137 e. The number of nitrogens with zero attached hydrogens (tertiary/aromatic N) is 1. The Kier molecular flexibility index (Phi) is 3.58. The molecule has 0 aliphatic heterocycles. The van der Waals surface area contributed by atoms with Crippen LogP contribution in [-0.2, 0) is 0 Å². The molecule has 0 atom stereocenters. The number of nitrogens with two attached hydrogens (primary N) is 1. The number of pyridine rings is 1. The Hall–Kier alpha value is -1.94. The highest BCUT2D eigenvalue weighted by molar-refractivity contribution is 6.32. The predicted octanol–water partition coefficient (Wildman–Crippen LogP) is 3.38. The third-order valence-electron chi connectivity index (χ3n) is 2.51. The zero-order valence-corrected chi connectivity index (χ0v) is 11.0. The molecule has 18 heavy (non-hydrogen) atoms.